The third-order valence-corrected chi connectivity index (χ3v) is 4.15. The van der Waals surface area contributed by atoms with Gasteiger partial charge in [0, 0.05) is 19.6 Å². The zero-order valence-electron chi connectivity index (χ0n) is 11.3. The van der Waals surface area contributed by atoms with E-state index in [2.05, 4.69) is 13.8 Å². The van der Waals surface area contributed by atoms with Gasteiger partial charge in [-0.05, 0) is 24.2 Å². The lowest BCUT2D eigenvalue weighted by molar-refractivity contribution is -0.142. The highest BCUT2D eigenvalue weighted by Gasteiger charge is 2.43. The first-order valence-electron chi connectivity index (χ1n) is 6.60. The average Bonchev–Trinajstić information content (AvgIpc) is 2.80. The first-order valence-corrected chi connectivity index (χ1v) is 6.60. The van der Waals surface area contributed by atoms with Crippen LogP contribution in [0.15, 0.2) is 0 Å². The SMILES string of the molecule is CC1CCN(C(=O)N2CCC(C)(C)C2)C1C(=O)O. The maximum atomic E-state index is 12.4. The molecule has 0 spiro atoms. The van der Waals surface area contributed by atoms with Gasteiger partial charge in [-0.25, -0.2) is 9.59 Å². The molecule has 0 aromatic carbocycles. The van der Waals surface area contributed by atoms with Crippen LogP contribution < -0.4 is 0 Å². The summed E-state index contributed by atoms with van der Waals surface area (Å²) in [4.78, 5) is 27.0. The number of carbonyl (C=O) groups is 2. The van der Waals surface area contributed by atoms with Crippen molar-refractivity contribution in [2.45, 2.75) is 39.7 Å². The molecule has 0 aliphatic carbocycles. The van der Waals surface area contributed by atoms with E-state index in [9.17, 15) is 14.7 Å². The first kappa shape index (κ1) is 13.2. The van der Waals surface area contributed by atoms with Crippen molar-refractivity contribution < 1.29 is 14.7 Å². The van der Waals surface area contributed by atoms with Gasteiger partial charge in [-0.3, -0.25) is 0 Å². The highest BCUT2D eigenvalue weighted by molar-refractivity contribution is 5.83. The summed E-state index contributed by atoms with van der Waals surface area (Å²) in [5.41, 5.74) is 0.153. The smallest absolute Gasteiger partial charge is 0.326 e. The van der Waals surface area contributed by atoms with Crippen LogP contribution in [0.2, 0.25) is 0 Å². The fourth-order valence-corrected chi connectivity index (χ4v) is 3.00. The van der Waals surface area contributed by atoms with Crippen LogP contribution in [0.4, 0.5) is 4.79 Å². The molecule has 0 radical (unpaired) electrons. The van der Waals surface area contributed by atoms with Gasteiger partial charge in [0.25, 0.3) is 0 Å². The Hall–Kier alpha value is -1.26. The van der Waals surface area contributed by atoms with Gasteiger partial charge >= 0.3 is 12.0 Å². The summed E-state index contributed by atoms with van der Waals surface area (Å²) in [7, 11) is 0. The topological polar surface area (TPSA) is 60.9 Å². The first-order chi connectivity index (χ1) is 8.32. The number of carboxylic acid groups (broad SMARTS) is 1. The zero-order chi connectivity index (χ0) is 13.5. The van der Waals surface area contributed by atoms with Crippen molar-refractivity contribution in [3.05, 3.63) is 0 Å². The molecule has 0 bridgehead atoms. The standard InChI is InChI=1S/C13H22N2O3/c1-9-4-6-15(10(9)11(16)17)12(18)14-7-5-13(2,3)8-14/h9-10H,4-8H2,1-3H3,(H,16,17). The average molecular weight is 254 g/mol. The molecule has 0 aromatic rings. The Morgan fingerprint density at radius 1 is 1.28 bits per heavy atom. The molecule has 2 fully saturated rings. The van der Waals surface area contributed by atoms with Gasteiger partial charge in [0.1, 0.15) is 6.04 Å². The highest BCUT2D eigenvalue weighted by atomic mass is 16.4. The van der Waals surface area contributed by atoms with E-state index in [0.29, 0.717) is 6.54 Å². The normalized spacial score (nSPS) is 30.8. The maximum Gasteiger partial charge on any atom is 0.326 e. The Bertz CT molecular complexity index is 367. The predicted octanol–water partition coefficient (Wildman–Crippen LogP) is 1.63. The molecule has 5 nitrogen and oxygen atoms in total. The van der Waals surface area contributed by atoms with Crippen molar-refractivity contribution in [1.29, 1.82) is 0 Å². The monoisotopic (exact) mass is 254 g/mol. The molecule has 2 saturated heterocycles. The second-order valence-electron chi connectivity index (χ2n) is 6.36. The highest BCUT2D eigenvalue weighted by Crippen LogP contribution is 2.32. The molecule has 18 heavy (non-hydrogen) atoms. The van der Waals surface area contributed by atoms with Crippen LogP contribution in [0.1, 0.15) is 33.6 Å². The number of likely N-dealkylation sites (tertiary alicyclic amines) is 2. The number of urea groups is 1. The fraction of sp³-hybridized carbons (Fsp3) is 0.846. The third kappa shape index (κ3) is 2.31. The lowest BCUT2D eigenvalue weighted by atomic mass is 9.93. The molecule has 0 saturated carbocycles. The zero-order valence-corrected chi connectivity index (χ0v) is 11.3. The molecule has 2 rings (SSSR count). The van der Waals surface area contributed by atoms with E-state index in [1.807, 2.05) is 6.92 Å². The van der Waals surface area contributed by atoms with E-state index in [-0.39, 0.29) is 17.4 Å². The lowest BCUT2D eigenvalue weighted by Gasteiger charge is -2.29. The number of aliphatic carboxylic acids is 1. The van der Waals surface area contributed by atoms with Gasteiger partial charge in [-0.2, -0.15) is 0 Å². The summed E-state index contributed by atoms with van der Waals surface area (Å²) in [6.45, 7) is 8.21. The van der Waals surface area contributed by atoms with E-state index in [4.69, 9.17) is 0 Å². The molecule has 1 N–H and O–H groups in total. The third-order valence-electron chi connectivity index (χ3n) is 4.15. The van der Waals surface area contributed by atoms with Gasteiger partial charge in [0.05, 0.1) is 0 Å². The molecular weight excluding hydrogens is 232 g/mol. The molecule has 0 aromatic heterocycles. The number of hydrogen-bond donors (Lipinski definition) is 1. The minimum Gasteiger partial charge on any atom is -0.480 e. The van der Waals surface area contributed by atoms with Crippen LogP contribution in [-0.4, -0.2) is 52.6 Å². The fourth-order valence-electron chi connectivity index (χ4n) is 3.00. The van der Waals surface area contributed by atoms with Crippen molar-refractivity contribution in [3.8, 4) is 0 Å². The Balaban J connectivity index is 2.08. The number of carbonyl (C=O) groups excluding carboxylic acids is 1. The van der Waals surface area contributed by atoms with Gasteiger partial charge in [-0.1, -0.05) is 20.8 Å². The Kier molecular flexibility index (Phi) is 3.25. The van der Waals surface area contributed by atoms with E-state index >= 15 is 0 Å². The summed E-state index contributed by atoms with van der Waals surface area (Å²) in [6, 6.07) is -0.751. The summed E-state index contributed by atoms with van der Waals surface area (Å²) in [6.07, 6.45) is 1.76. The summed E-state index contributed by atoms with van der Waals surface area (Å²) in [5, 5.41) is 9.24. The molecular formula is C13H22N2O3. The molecule has 102 valence electrons. The number of carboxylic acids is 1. The van der Waals surface area contributed by atoms with Crippen LogP contribution in [-0.2, 0) is 4.79 Å². The lowest BCUT2D eigenvalue weighted by Crippen LogP contribution is -2.48. The summed E-state index contributed by atoms with van der Waals surface area (Å²) >= 11 is 0. The number of rotatable bonds is 1. The van der Waals surface area contributed by atoms with Crippen LogP contribution >= 0.6 is 0 Å². The largest absolute Gasteiger partial charge is 0.480 e. The Labute approximate surface area is 108 Å². The second kappa shape index (κ2) is 4.44. The van der Waals surface area contributed by atoms with Crippen LogP contribution in [0.3, 0.4) is 0 Å². The van der Waals surface area contributed by atoms with Gasteiger partial charge in [-0.15, -0.1) is 0 Å². The van der Waals surface area contributed by atoms with Crippen molar-refractivity contribution in [1.82, 2.24) is 9.80 Å². The molecule has 5 heteroatoms. The van der Waals surface area contributed by atoms with E-state index in [1.165, 1.54) is 4.90 Å². The van der Waals surface area contributed by atoms with Gasteiger partial charge < -0.3 is 14.9 Å². The molecule has 2 aliphatic rings. The van der Waals surface area contributed by atoms with Gasteiger partial charge in [0.2, 0.25) is 0 Å². The van der Waals surface area contributed by atoms with Crippen LogP contribution in [0.25, 0.3) is 0 Å². The van der Waals surface area contributed by atoms with E-state index in [1.54, 1.807) is 4.90 Å². The number of nitrogens with zero attached hydrogens (tertiary/aromatic N) is 2. The predicted molar refractivity (Wildman–Crippen MR) is 67.3 cm³/mol. The molecule has 2 aliphatic heterocycles. The minimum absolute atomic E-state index is 0.0436. The van der Waals surface area contributed by atoms with Crippen molar-refractivity contribution in [2.75, 3.05) is 19.6 Å². The molecule has 2 amide bonds. The quantitative estimate of drug-likeness (QED) is 0.773. The number of hydrogen-bond acceptors (Lipinski definition) is 2. The summed E-state index contributed by atoms with van der Waals surface area (Å²) < 4.78 is 0. The second-order valence-corrected chi connectivity index (χ2v) is 6.36. The summed E-state index contributed by atoms with van der Waals surface area (Å²) in [5.74, 6) is -0.839. The Morgan fingerprint density at radius 3 is 2.44 bits per heavy atom. The van der Waals surface area contributed by atoms with Crippen molar-refractivity contribution >= 4 is 12.0 Å². The van der Waals surface area contributed by atoms with E-state index in [0.717, 1.165) is 25.9 Å². The van der Waals surface area contributed by atoms with E-state index < -0.39 is 12.0 Å². The number of amides is 2. The molecule has 2 unspecified atom stereocenters. The molecule has 2 atom stereocenters. The maximum absolute atomic E-state index is 12.4. The molecule has 2 heterocycles. The Morgan fingerprint density at radius 2 is 1.94 bits per heavy atom. The van der Waals surface area contributed by atoms with Crippen LogP contribution in [0.5, 0.6) is 0 Å². The minimum atomic E-state index is -0.883. The van der Waals surface area contributed by atoms with Crippen molar-refractivity contribution in [3.63, 3.8) is 0 Å². The van der Waals surface area contributed by atoms with Crippen molar-refractivity contribution in [2.24, 2.45) is 11.3 Å². The van der Waals surface area contributed by atoms with Crippen LogP contribution in [0, 0.1) is 11.3 Å². The van der Waals surface area contributed by atoms with Gasteiger partial charge in [0.15, 0.2) is 0 Å².